The summed E-state index contributed by atoms with van der Waals surface area (Å²) in [5.74, 6) is -1.06. The normalized spacial score (nSPS) is 14.4. The van der Waals surface area contributed by atoms with Crippen LogP contribution >= 0.6 is 0 Å². The van der Waals surface area contributed by atoms with E-state index >= 15 is 0 Å². The molecule has 0 amide bonds. The van der Waals surface area contributed by atoms with Crippen molar-refractivity contribution in [2.75, 3.05) is 18.1 Å². The minimum absolute atomic E-state index is 0.0897. The summed E-state index contributed by atoms with van der Waals surface area (Å²) in [4.78, 5) is 10.5. The van der Waals surface area contributed by atoms with E-state index in [1.807, 2.05) is 0 Å². The van der Waals surface area contributed by atoms with Gasteiger partial charge in [0.25, 0.3) is 0 Å². The number of esters is 1. The third-order valence-corrected chi connectivity index (χ3v) is 3.70. The Labute approximate surface area is 102 Å². The molecule has 0 heterocycles. The van der Waals surface area contributed by atoms with E-state index in [-0.39, 0.29) is 12.4 Å². The molecule has 7 heteroatoms. The van der Waals surface area contributed by atoms with Crippen molar-refractivity contribution in [1.29, 1.82) is 0 Å². The van der Waals surface area contributed by atoms with Crippen molar-refractivity contribution in [3.63, 3.8) is 0 Å². The number of nitrogens with two attached hydrogens (primary N) is 1. The van der Waals surface area contributed by atoms with Gasteiger partial charge in [0.2, 0.25) is 0 Å². The summed E-state index contributed by atoms with van der Waals surface area (Å²) in [5.41, 5.74) is 5.11. The largest absolute Gasteiger partial charge is 0.463 e. The molecule has 1 atom stereocenters. The summed E-state index contributed by atoms with van der Waals surface area (Å²) in [6.07, 6.45) is -0.875. The number of rotatable bonds is 7. The SMILES string of the molecule is CC(=O)OCC(O)CS(=O)(=O)CCC(C)(C)N. The van der Waals surface area contributed by atoms with Gasteiger partial charge in [0.1, 0.15) is 12.7 Å². The van der Waals surface area contributed by atoms with E-state index in [9.17, 15) is 18.3 Å². The van der Waals surface area contributed by atoms with Crippen LogP contribution in [-0.4, -0.2) is 49.2 Å². The Bertz CT molecular complexity index is 344. The number of aliphatic hydroxyl groups excluding tert-OH is 1. The van der Waals surface area contributed by atoms with Crippen molar-refractivity contribution >= 4 is 15.8 Å². The second-order valence-corrected chi connectivity index (χ2v) is 7.04. The van der Waals surface area contributed by atoms with Crippen molar-refractivity contribution in [1.82, 2.24) is 0 Å². The zero-order chi connectivity index (χ0) is 13.7. The standard InChI is InChI=1S/C10H21NO5S/c1-8(12)16-6-9(13)7-17(14,15)5-4-10(2,3)11/h9,13H,4-7,11H2,1-3H3. The van der Waals surface area contributed by atoms with Gasteiger partial charge in [-0.2, -0.15) is 0 Å². The first-order valence-corrected chi connectivity index (χ1v) is 7.15. The molecule has 0 aromatic carbocycles. The van der Waals surface area contributed by atoms with E-state index in [0.717, 1.165) is 0 Å². The Morgan fingerprint density at radius 2 is 2.00 bits per heavy atom. The maximum Gasteiger partial charge on any atom is 0.302 e. The van der Waals surface area contributed by atoms with Gasteiger partial charge >= 0.3 is 5.97 Å². The Hall–Kier alpha value is -0.660. The molecule has 0 saturated heterocycles. The minimum atomic E-state index is -3.38. The number of aliphatic hydroxyl groups is 1. The van der Waals surface area contributed by atoms with Crippen molar-refractivity contribution in [3.8, 4) is 0 Å². The quantitative estimate of drug-likeness (QED) is 0.600. The van der Waals surface area contributed by atoms with Gasteiger partial charge in [0, 0.05) is 12.5 Å². The minimum Gasteiger partial charge on any atom is -0.463 e. The van der Waals surface area contributed by atoms with Crippen LogP contribution in [0.1, 0.15) is 27.2 Å². The van der Waals surface area contributed by atoms with Crippen molar-refractivity contribution in [2.24, 2.45) is 5.73 Å². The second-order valence-electron chi connectivity index (χ2n) is 4.81. The van der Waals surface area contributed by atoms with Crippen LogP contribution in [-0.2, 0) is 19.4 Å². The monoisotopic (exact) mass is 267 g/mol. The molecule has 0 rings (SSSR count). The molecular formula is C10H21NO5S. The molecule has 0 aromatic heterocycles. The third kappa shape index (κ3) is 10.2. The van der Waals surface area contributed by atoms with Crippen LogP contribution in [0.2, 0.25) is 0 Å². The summed E-state index contributed by atoms with van der Waals surface area (Å²) in [5, 5.41) is 9.38. The van der Waals surface area contributed by atoms with Crippen LogP contribution in [0.15, 0.2) is 0 Å². The van der Waals surface area contributed by atoms with Crippen LogP contribution in [0.5, 0.6) is 0 Å². The first-order valence-electron chi connectivity index (χ1n) is 5.32. The number of hydrogen-bond acceptors (Lipinski definition) is 6. The topological polar surface area (TPSA) is 107 Å². The van der Waals surface area contributed by atoms with Crippen molar-refractivity contribution < 1.29 is 23.1 Å². The number of hydrogen-bond donors (Lipinski definition) is 2. The van der Waals surface area contributed by atoms with Crippen molar-refractivity contribution in [2.45, 2.75) is 38.8 Å². The van der Waals surface area contributed by atoms with E-state index in [2.05, 4.69) is 4.74 Å². The van der Waals surface area contributed by atoms with E-state index in [4.69, 9.17) is 5.73 Å². The zero-order valence-electron chi connectivity index (χ0n) is 10.5. The molecule has 0 saturated carbocycles. The molecule has 3 N–H and O–H groups in total. The van der Waals surface area contributed by atoms with Gasteiger partial charge in [0.15, 0.2) is 9.84 Å². The second kappa shape index (κ2) is 6.32. The molecule has 0 aliphatic rings. The zero-order valence-corrected chi connectivity index (χ0v) is 11.3. The molecule has 1 unspecified atom stereocenters. The van der Waals surface area contributed by atoms with Crippen LogP contribution in [0.4, 0.5) is 0 Å². The van der Waals surface area contributed by atoms with Gasteiger partial charge in [-0.3, -0.25) is 4.79 Å². The number of carbonyl (C=O) groups is 1. The van der Waals surface area contributed by atoms with Gasteiger partial charge in [0.05, 0.1) is 11.5 Å². The molecule has 0 aliphatic carbocycles. The Balaban J connectivity index is 4.12. The fraction of sp³-hybridized carbons (Fsp3) is 0.900. The maximum absolute atomic E-state index is 11.6. The number of carbonyl (C=O) groups excluding carboxylic acids is 1. The third-order valence-electron chi connectivity index (χ3n) is 1.98. The highest BCUT2D eigenvalue weighted by Crippen LogP contribution is 2.07. The summed E-state index contributed by atoms with van der Waals surface area (Å²) < 4.78 is 27.7. The molecule has 0 aromatic rings. The average molecular weight is 267 g/mol. The lowest BCUT2D eigenvalue weighted by Crippen LogP contribution is -2.36. The molecule has 0 spiro atoms. The number of ether oxygens (including phenoxy) is 1. The Morgan fingerprint density at radius 3 is 2.41 bits per heavy atom. The molecule has 17 heavy (non-hydrogen) atoms. The molecule has 102 valence electrons. The van der Waals surface area contributed by atoms with Gasteiger partial charge < -0.3 is 15.6 Å². The average Bonchev–Trinajstić information content (AvgIpc) is 2.10. The van der Waals surface area contributed by atoms with Crippen LogP contribution < -0.4 is 5.73 Å². The van der Waals surface area contributed by atoms with Crippen LogP contribution in [0.3, 0.4) is 0 Å². The Morgan fingerprint density at radius 1 is 1.47 bits per heavy atom. The summed E-state index contributed by atoms with van der Waals surface area (Å²) in [6.45, 7) is 4.36. The van der Waals surface area contributed by atoms with E-state index in [1.54, 1.807) is 13.8 Å². The highest BCUT2D eigenvalue weighted by molar-refractivity contribution is 7.91. The first-order chi connectivity index (χ1) is 7.52. The highest BCUT2D eigenvalue weighted by atomic mass is 32.2. The molecule has 0 aliphatic heterocycles. The molecule has 6 nitrogen and oxygen atoms in total. The fourth-order valence-electron chi connectivity index (χ4n) is 1.06. The molecule has 0 bridgehead atoms. The lowest BCUT2D eigenvalue weighted by Gasteiger charge is -2.18. The lowest BCUT2D eigenvalue weighted by atomic mass is 10.0. The van der Waals surface area contributed by atoms with Crippen LogP contribution in [0, 0.1) is 0 Å². The summed E-state index contributed by atoms with van der Waals surface area (Å²) >= 11 is 0. The van der Waals surface area contributed by atoms with Gasteiger partial charge in [-0.15, -0.1) is 0 Å². The fourth-order valence-corrected chi connectivity index (χ4v) is 2.74. The van der Waals surface area contributed by atoms with Crippen molar-refractivity contribution in [3.05, 3.63) is 0 Å². The van der Waals surface area contributed by atoms with E-state index in [1.165, 1.54) is 6.92 Å². The lowest BCUT2D eigenvalue weighted by molar-refractivity contribution is -0.143. The van der Waals surface area contributed by atoms with E-state index in [0.29, 0.717) is 6.42 Å². The number of sulfone groups is 1. The summed E-state index contributed by atoms with van der Waals surface area (Å²) in [7, 11) is -3.38. The molecule has 0 radical (unpaired) electrons. The Kier molecular flexibility index (Phi) is 6.08. The van der Waals surface area contributed by atoms with Gasteiger partial charge in [-0.1, -0.05) is 0 Å². The van der Waals surface area contributed by atoms with E-state index < -0.39 is 33.2 Å². The van der Waals surface area contributed by atoms with Gasteiger partial charge in [-0.25, -0.2) is 8.42 Å². The maximum atomic E-state index is 11.6. The molecular weight excluding hydrogens is 246 g/mol. The predicted octanol–water partition coefficient (Wildman–Crippen LogP) is -0.547. The smallest absolute Gasteiger partial charge is 0.302 e. The predicted molar refractivity (Wildman–Crippen MR) is 64.2 cm³/mol. The first kappa shape index (κ1) is 16.3. The van der Waals surface area contributed by atoms with Gasteiger partial charge in [-0.05, 0) is 20.3 Å². The highest BCUT2D eigenvalue weighted by Gasteiger charge is 2.21. The van der Waals surface area contributed by atoms with Crippen LogP contribution in [0.25, 0.3) is 0 Å². The molecule has 0 fully saturated rings. The summed E-state index contributed by atoms with van der Waals surface area (Å²) in [6, 6.07) is 0.